The Balaban J connectivity index is 1.89. The van der Waals surface area contributed by atoms with Crippen molar-refractivity contribution in [3.8, 4) is 23.1 Å². The molecule has 1 amide bonds. The fraction of sp³-hybridized carbons (Fsp3) is 0.190. The highest BCUT2D eigenvalue weighted by Gasteiger charge is 2.31. The van der Waals surface area contributed by atoms with Gasteiger partial charge in [0.1, 0.15) is 5.75 Å². The number of halogens is 4. The van der Waals surface area contributed by atoms with Crippen molar-refractivity contribution in [1.82, 2.24) is 9.13 Å². The smallest absolute Gasteiger partial charge is 0.416 e. The number of hydrogen-bond acceptors (Lipinski definition) is 6. The Morgan fingerprint density at radius 3 is 2.32 bits per heavy atom. The zero-order valence-electron chi connectivity index (χ0n) is 17.9. The molecule has 0 aliphatic carbocycles. The van der Waals surface area contributed by atoms with Gasteiger partial charge in [0, 0.05) is 25.8 Å². The Morgan fingerprint density at radius 1 is 1.09 bits per heavy atom. The maximum atomic E-state index is 12.8. The first-order valence-corrected chi connectivity index (χ1v) is 10.2. The number of carbonyl (C=O) groups excluding carboxylic acids is 1. The van der Waals surface area contributed by atoms with Crippen molar-refractivity contribution in [2.75, 3.05) is 12.4 Å². The Kier molecular flexibility index (Phi) is 6.94. The van der Waals surface area contributed by atoms with Crippen molar-refractivity contribution in [3.63, 3.8) is 0 Å². The van der Waals surface area contributed by atoms with E-state index >= 15 is 0 Å². The molecule has 0 radical (unpaired) electrons. The van der Waals surface area contributed by atoms with Gasteiger partial charge in [0.2, 0.25) is 5.88 Å². The summed E-state index contributed by atoms with van der Waals surface area (Å²) in [5.41, 5.74) is -2.06. The van der Waals surface area contributed by atoms with Crippen molar-refractivity contribution >= 4 is 35.4 Å². The molecule has 13 heteroatoms. The number of anilines is 1. The molecule has 8 nitrogen and oxygen atoms in total. The number of benzene rings is 2. The molecule has 0 fully saturated rings. The maximum Gasteiger partial charge on any atom is 0.416 e. The Hall–Kier alpha value is -3.51. The van der Waals surface area contributed by atoms with Gasteiger partial charge in [0.25, 0.3) is 11.5 Å². The number of aromatic hydroxyl groups is 1. The number of nitrogens with zero attached hydrogens (tertiary/aromatic N) is 2. The van der Waals surface area contributed by atoms with Gasteiger partial charge in [0.15, 0.2) is 21.8 Å². The molecule has 0 spiro atoms. The van der Waals surface area contributed by atoms with Gasteiger partial charge in [-0.05, 0) is 42.5 Å². The van der Waals surface area contributed by atoms with Crippen molar-refractivity contribution < 1.29 is 32.5 Å². The first-order chi connectivity index (χ1) is 15.8. The summed E-state index contributed by atoms with van der Waals surface area (Å²) in [6.45, 7) is 0. The highest BCUT2D eigenvalue weighted by atomic mass is 35.5. The van der Waals surface area contributed by atoms with E-state index in [4.69, 9.17) is 33.3 Å². The third-order valence-electron chi connectivity index (χ3n) is 4.76. The molecule has 0 aliphatic heterocycles. The summed E-state index contributed by atoms with van der Waals surface area (Å²) in [4.78, 5) is 25.1. The number of carbonyl (C=O) groups is 1. The van der Waals surface area contributed by atoms with Crippen LogP contribution in [-0.4, -0.2) is 27.3 Å². The van der Waals surface area contributed by atoms with Crippen LogP contribution >= 0.6 is 23.8 Å². The molecule has 3 rings (SSSR count). The van der Waals surface area contributed by atoms with Gasteiger partial charge in [-0.15, -0.1) is 0 Å². The second-order valence-corrected chi connectivity index (χ2v) is 7.74. The van der Waals surface area contributed by atoms with Crippen LogP contribution in [-0.2, 0) is 20.3 Å². The molecule has 2 aromatic carbocycles. The topological polar surface area (TPSA) is 94.7 Å². The van der Waals surface area contributed by atoms with E-state index in [1.165, 1.54) is 39.4 Å². The summed E-state index contributed by atoms with van der Waals surface area (Å²) in [5, 5.41) is 12.4. The molecule has 1 aromatic heterocycles. The number of amides is 1. The van der Waals surface area contributed by atoms with Crippen LogP contribution in [0.2, 0.25) is 5.02 Å². The molecule has 0 saturated heterocycles. The lowest BCUT2D eigenvalue weighted by atomic mass is 10.2. The maximum absolute atomic E-state index is 12.8. The second kappa shape index (κ2) is 9.39. The van der Waals surface area contributed by atoms with Crippen LogP contribution in [0.4, 0.5) is 18.9 Å². The summed E-state index contributed by atoms with van der Waals surface area (Å²) in [5.74, 6) is -1.34. The average molecular weight is 516 g/mol. The van der Waals surface area contributed by atoms with E-state index in [0.717, 1.165) is 27.3 Å². The van der Waals surface area contributed by atoms with Gasteiger partial charge >= 0.3 is 6.18 Å². The fourth-order valence-corrected chi connectivity index (χ4v) is 3.32. The van der Waals surface area contributed by atoms with Crippen LogP contribution in [0.5, 0.6) is 23.1 Å². The predicted molar refractivity (Wildman–Crippen MR) is 121 cm³/mol. The minimum Gasteiger partial charge on any atom is -0.494 e. The number of rotatable bonds is 5. The number of ether oxygens (including phenoxy) is 2. The molecular weight excluding hydrogens is 499 g/mol. The van der Waals surface area contributed by atoms with Crippen molar-refractivity contribution in [2.24, 2.45) is 14.1 Å². The number of aromatic nitrogens is 2. The molecule has 0 saturated carbocycles. The second-order valence-electron chi connectivity index (χ2n) is 6.97. The largest absolute Gasteiger partial charge is 0.494 e. The molecule has 1 heterocycles. The lowest BCUT2D eigenvalue weighted by Gasteiger charge is -2.15. The lowest BCUT2D eigenvalue weighted by Crippen LogP contribution is -2.30. The van der Waals surface area contributed by atoms with E-state index in [-0.39, 0.29) is 32.7 Å². The average Bonchev–Trinajstić information content (AvgIpc) is 2.78. The molecule has 0 atom stereocenters. The van der Waals surface area contributed by atoms with Crippen molar-refractivity contribution in [2.45, 2.75) is 6.18 Å². The van der Waals surface area contributed by atoms with E-state index in [1.54, 1.807) is 0 Å². The Morgan fingerprint density at radius 2 is 1.74 bits per heavy atom. The minimum atomic E-state index is -4.56. The van der Waals surface area contributed by atoms with Gasteiger partial charge in [-0.2, -0.15) is 13.2 Å². The van der Waals surface area contributed by atoms with Gasteiger partial charge in [-0.3, -0.25) is 18.7 Å². The summed E-state index contributed by atoms with van der Waals surface area (Å²) < 4.78 is 51.5. The van der Waals surface area contributed by atoms with E-state index in [1.807, 2.05) is 0 Å². The third kappa shape index (κ3) is 4.87. The van der Waals surface area contributed by atoms with Crippen LogP contribution in [0.1, 0.15) is 15.9 Å². The zero-order chi connectivity index (χ0) is 25.4. The number of alkyl halides is 3. The highest BCUT2D eigenvalue weighted by Crippen LogP contribution is 2.39. The van der Waals surface area contributed by atoms with Gasteiger partial charge in [0.05, 0.1) is 17.7 Å². The van der Waals surface area contributed by atoms with E-state index in [9.17, 15) is 27.9 Å². The first kappa shape index (κ1) is 25.1. The minimum absolute atomic E-state index is 0.0177. The summed E-state index contributed by atoms with van der Waals surface area (Å²) in [6.07, 6.45) is -4.56. The molecule has 0 unspecified atom stereocenters. The molecule has 180 valence electrons. The monoisotopic (exact) mass is 515 g/mol. The lowest BCUT2D eigenvalue weighted by molar-refractivity contribution is -0.137. The predicted octanol–water partition coefficient (Wildman–Crippen LogP) is 4.88. The molecule has 34 heavy (non-hydrogen) atoms. The van der Waals surface area contributed by atoms with E-state index in [2.05, 4.69) is 5.32 Å². The zero-order valence-corrected chi connectivity index (χ0v) is 19.4. The number of methoxy groups -OCH3 is 1. The quantitative estimate of drug-likeness (QED) is 0.470. The fourth-order valence-electron chi connectivity index (χ4n) is 2.93. The first-order valence-electron chi connectivity index (χ1n) is 9.38. The summed E-state index contributed by atoms with van der Waals surface area (Å²) in [7, 11) is 4.07. The van der Waals surface area contributed by atoms with Crippen LogP contribution in [0.15, 0.2) is 41.2 Å². The van der Waals surface area contributed by atoms with E-state index in [0.29, 0.717) is 0 Å². The van der Waals surface area contributed by atoms with Crippen LogP contribution in [0.3, 0.4) is 0 Å². The van der Waals surface area contributed by atoms with Gasteiger partial charge < -0.3 is 19.9 Å². The molecule has 0 bridgehead atoms. The number of hydrogen-bond donors (Lipinski definition) is 2. The van der Waals surface area contributed by atoms with Crippen LogP contribution < -0.4 is 20.3 Å². The molecule has 2 N–H and O–H groups in total. The highest BCUT2D eigenvalue weighted by molar-refractivity contribution is 7.71. The Bertz CT molecular complexity index is 1400. The van der Waals surface area contributed by atoms with Gasteiger partial charge in [-0.1, -0.05) is 11.6 Å². The summed E-state index contributed by atoms with van der Waals surface area (Å²) in [6, 6.07) is 6.77. The SMILES string of the molecule is COc1cc(NC(=O)c2c(O)n(C)c(=S)n(C)c2=O)ccc1Oc1ccc(C(F)(F)F)cc1Cl. The molecular formula is C21H17ClF3N3O5S. The number of nitrogens with one attached hydrogen (secondary N) is 1. The third-order valence-corrected chi connectivity index (χ3v) is 5.60. The standard InChI is InChI=1S/C21H17ClF3N3O5S/c1-27-18(30)16(19(31)28(2)20(27)34)17(29)26-11-5-7-14(15(9-11)32-3)33-13-6-4-10(8-12(13)22)21(23,24)25/h4-9,30H,1-3H3,(H,26,29). The van der Waals surface area contributed by atoms with Crippen molar-refractivity contribution in [3.05, 3.63) is 67.7 Å². The van der Waals surface area contributed by atoms with E-state index < -0.39 is 34.6 Å². The Labute approximate surface area is 200 Å². The molecule has 3 aromatic rings. The van der Waals surface area contributed by atoms with Gasteiger partial charge in [-0.25, -0.2) is 0 Å². The van der Waals surface area contributed by atoms with Crippen LogP contribution in [0, 0.1) is 4.77 Å². The normalized spacial score (nSPS) is 11.3. The van der Waals surface area contributed by atoms with Crippen LogP contribution in [0.25, 0.3) is 0 Å². The molecule has 0 aliphatic rings. The van der Waals surface area contributed by atoms with Crippen molar-refractivity contribution in [1.29, 1.82) is 0 Å². The summed E-state index contributed by atoms with van der Waals surface area (Å²) >= 11 is 10.9.